The number of guanidine groups is 1. The fourth-order valence-electron chi connectivity index (χ4n) is 5.92. The quantitative estimate of drug-likeness (QED) is 0.0720. The van der Waals surface area contributed by atoms with Crippen LogP contribution < -0.4 is 11.1 Å². The van der Waals surface area contributed by atoms with Crippen LogP contribution in [0.4, 0.5) is 35.5 Å². The van der Waals surface area contributed by atoms with Gasteiger partial charge in [0.05, 0.1) is 34.2 Å². The Morgan fingerprint density at radius 3 is 2.43 bits per heavy atom. The summed E-state index contributed by atoms with van der Waals surface area (Å²) in [7, 11) is 0. The molecule has 3 aromatic heterocycles. The van der Waals surface area contributed by atoms with E-state index in [9.17, 15) is 40.3 Å². The first kappa shape index (κ1) is 41.8. The SMILES string of the molecule is CC(C)(C)CCN=C(N)N(C(=O)c1ccc2nc(-c3cnn(C(F)F)c3)ccc2c1)[C@H](COC(=O)NC1(C(F)(F)F)CC1)c1ccc(Cl)c(-n2ncnc2C(F)F)c1. The minimum atomic E-state index is -4.76. The fourth-order valence-corrected chi connectivity index (χ4v) is 6.11. The Hall–Kier alpha value is -5.79. The molecule has 1 atom stereocenters. The number of rotatable bonds is 12. The molecule has 0 bridgehead atoms. The average molecular weight is 837 g/mol. The van der Waals surface area contributed by atoms with E-state index >= 15 is 0 Å². The third-order valence-electron chi connectivity index (χ3n) is 9.31. The van der Waals surface area contributed by atoms with Crippen LogP contribution in [-0.2, 0) is 4.74 Å². The molecule has 1 aliphatic carbocycles. The molecular formula is C37H36ClF7N10O3. The van der Waals surface area contributed by atoms with Gasteiger partial charge in [0.15, 0.2) is 11.8 Å². The maximum atomic E-state index is 14.7. The molecule has 3 heterocycles. The van der Waals surface area contributed by atoms with Crippen LogP contribution >= 0.6 is 11.6 Å². The number of benzene rings is 2. The highest BCUT2D eigenvalue weighted by Gasteiger charge is 2.64. The zero-order chi connectivity index (χ0) is 42.2. The van der Waals surface area contributed by atoms with Crippen LogP contribution in [0.25, 0.3) is 27.8 Å². The number of fused-ring (bicyclic) bond motifs is 1. The molecule has 58 heavy (non-hydrogen) atoms. The van der Waals surface area contributed by atoms with E-state index in [1.165, 1.54) is 42.6 Å². The van der Waals surface area contributed by atoms with Gasteiger partial charge in [-0.1, -0.05) is 44.5 Å². The Kier molecular flexibility index (Phi) is 11.7. The molecule has 2 aromatic carbocycles. The summed E-state index contributed by atoms with van der Waals surface area (Å²) in [6, 6.07) is 10.0. The number of alkyl halides is 7. The Labute approximate surface area is 331 Å². The van der Waals surface area contributed by atoms with Crippen LogP contribution in [0.3, 0.4) is 0 Å². The van der Waals surface area contributed by atoms with Crippen molar-refractivity contribution in [3.63, 3.8) is 0 Å². The van der Waals surface area contributed by atoms with E-state index in [0.717, 1.165) is 22.1 Å². The highest BCUT2D eigenvalue weighted by Crippen LogP contribution is 2.49. The second kappa shape index (κ2) is 16.2. The number of ether oxygens (including phenoxy) is 1. The number of hydrogen-bond donors (Lipinski definition) is 2. The van der Waals surface area contributed by atoms with Crippen LogP contribution in [0.15, 0.2) is 72.2 Å². The lowest BCUT2D eigenvalue weighted by Gasteiger charge is -2.32. The van der Waals surface area contributed by atoms with Crippen LogP contribution in [0.2, 0.25) is 5.02 Å². The number of nitrogens with zero attached hydrogens (tertiary/aromatic N) is 8. The summed E-state index contributed by atoms with van der Waals surface area (Å²) in [5.41, 5.74) is 4.87. The molecule has 1 fully saturated rings. The number of pyridine rings is 1. The highest BCUT2D eigenvalue weighted by molar-refractivity contribution is 6.32. The molecule has 3 N–H and O–H groups in total. The molecule has 308 valence electrons. The van der Waals surface area contributed by atoms with E-state index in [1.807, 2.05) is 26.1 Å². The summed E-state index contributed by atoms with van der Waals surface area (Å²) < 4.78 is 102. The maximum Gasteiger partial charge on any atom is 0.411 e. The number of nitrogens with two attached hydrogens (primary N) is 1. The first-order valence-corrected chi connectivity index (χ1v) is 18.0. The smallest absolute Gasteiger partial charge is 0.411 e. The largest absolute Gasteiger partial charge is 0.447 e. The van der Waals surface area contributed by atoms with Gasteiger partial charge < -0.3 is 15.8 Å². The molecule has 1 saturated carbocycles. The third-order valence-corrected chi connectivity index (χ3v) is 9.62. The monoisotopic (exact) mass is 836 g/mol. The standard InChI is InChI=1S/C37H36ClF7N10O3/c1-35(2,3)12-13-47-33(46)54(31(56)22-6-9-25-20(14-22)5-8-26(51-25)23-16-49-53(17-23)32(41)42)28(18-58-34(57)52-36(10-11-36)37(43,44)45)21-4-7-24(38)27(15-21)55-30(29(39)40)48-19-50-55/h4-9,14-17,19,28-29,32H,10-13,18H2,1-3H3,(H2,46,47)(H,52,57)/t28-/m1/s1. The minimum absolute atomic E-state index is 0.00967. The molecule has 5 aromatic rings. The molecule has 0 spiro atoms. The van der Waals surface area contributed by atoms with Gasteiger partial charge in [-0.15, -0.1) is 0 Å². The van der Waals surface area contributed by atoms with E-state index < -0.39 is 55.2 Å². The molecule has 0 aliphatic heterocycles. The number of nitrogens with one attached hydrogen (secondary N) is 1. The lowest BCUT2D eigenvalue weighted by atomic mass is 9.92. The zero-order valence-corrected chi connectivity index (χ0v) is 31.8. The highest BCUT2D eigenvalue weighted by atomic mass is 35.5. The number of carbonyl (C=O) groups is 2. The number of hydrogen-bond acceptors (Lipinski definition) is 8. The number of aliphatic imine (C=N–C) groups is 1. The number of alkyl carbamates (subject to hydrolysis) is 1. The molecule has 0 saturated heterocycles. The predicted octanol–water partition coefficient (Wildman–Crippen LogP) is 8.42. The van der Waals surface area contributed by atoms with Gasteiger partial charge in [0.2, 0.25) is 0 Å². The molecule has 0 radical (unpaired) electrons. The van der Waals surface area contributed by atoms with Gasteiger partial charge >= 0.3 is 18.8 Å². The Balaban J connectivity index is 1.43. The van der Waals surface area contributed by atoms with Gasteiger partial charge in [0.25, 0.3) is 12.3 Å². The van der Waals surface area contributed by atoms with Crippen molar-refractivity contribution < 1.29 is 45.1 Å². The van der Waals surface area contributed by atoms with Crippen molar-refractivity contribution in [3.05, 3.63) is 89.2 Å². The van der Waals surface area contributed by atoms with Gasteiger partial charge in [-0.2, -0.15) is 32.1 Å². The van der Waals surface area contributed by atoms with Crippen molar-refractivity contribution in [2.24, 2.45) is 16.1 Å². The molecule has 21 heteroatoms. The summed E-state index contributed by atoms with van der Waals surface area (Å²) in [5, 5.41) is 9.75. The lowest BCUT2D eigenvalue weighted by molar-refractivity contribution is -0.164. The van der Waals surface area contributed by atoms with Crippen LogP contribution in [0.5, 0.6) is 0 Å². The molecule has 13 nitrogen and oxygen atoms in total. The summed E-state index contributed by atoms with van der Waals surface area (Å²) in [6.07, 6.45) is -6.26. The Morgan fingerprint density at radius 2 is 1.79 bits per heavy atom. The lowest BCUT2D eigenvalue weighted by Crippen LogP contribution is -2.49. The van der Waals surface area contributed by atoms with Crippen LogP contribution in [-0.4, -0.2) is 77.3 Å². The molecule has 6 rings (SSSR count). The molecule has 0 unspecified atom stereocenters. The van der Waals surface area contributed by atoms with Crippen molar-refractivity contribution >= 4 is 40.5 Å². The van der Waals surface area contributed by atoms with Crippen LogP contribution in [0, 0.1) is 5.41 Å². The van der Waals surface area contributed by atoms with Crippen molar-refractivity contribution in [2.45, 2.75) is 70.8 Å². The molecule has 1 aliphatic rings. The Morgan fingerprint density at radius 1 is 1.05 bits per heavy atom. The Bertz CT molecular complexity index is 2340. The van der Waals surface area contributed by atoms with Gasteiger partial charge in [0.1, 0.15) is 18.5 Å². The number of amides is 2. The van der Waals surface area contributed by atoms with Gasteiger partial charge in [-0.25, -0.2) is 32.9 Å². The van der Waals surface area contributed by atoms with E-state index in [0.29, 0.717) is 33.3 Å². The van der Waals surface area contributed by atoms with Crippen molar-refractivity contribution in [1.29, 1.82) is 0 Å². The van der Waals surface area contributed by atoms with Gasteiger partial charge in [-0.05, 0) is 66.6 Å². The predicted molar refractivity (Wildman–Crippen MR) is 198 cm³/mol. The number of carbonyl (C=O) groups excluding carboxylic acids is 2. The van der Waals surface area contributed by atoms with E-state index in [4.69, 9.17) is 22.1 Å². The van der Waals surface area contributed by atoms with Crippen molar-refractivity contribution in [3.8, 4) is 16.9 Å². The van der Waals surface area contributed by atoms with Gasteiger partial charge in [0, 0.05) is 29.3 Å². The first-order valence-electron chi connectivity index (χ1n) is 17.6. The minimum Gasteiger partial charge on any atom is -0.447 e. The van der Waals surface area contributed by atoms with Crippen molar-refractivity contribution in [1.82, 2.24) is 39.7 Å². The van der Waals surface area contributed by atoms with E-state index in [2.05, 4.69) is 25.2 Å². The summed E-state index contributed by atoms with van der Waals surface area (Å²) in [4.78, 5) is 41.2. The van der Waals surface area contributed by atoms with Crippen LogP contribution in [0.1, 0.15) is 80.8 Å². The van der Waals surface area contributed by atoms with Crippen molar-refractivity contribution in [2.75, 3.05) is 13.2 Å². The molecule has 2 amide bonds. The second-order valence-electron chi connectivity index (χ2n) is 14.7. The maximum absolute atomic E-state index is 14.7. The summed E-state index contributed by atoms with van der Waals surface area (Å²) in [5.74, 6) is -1.94. The summed E-state index contributed by atoms with van der Waals surface area (Å²) >= 11 is 6.44. The average Bonchev–Trinajstić information content (AvgIpc) is 3.52. The molecular weight excluding hydrogens is 801 g/mol. The van der Waals surface area contributed by atoms with E-state index in [1.54, 1.807) is 12.1 Å². The third kappa shape index (κ3) is 9.16. The van der Waals surface area contributed by atoms with E-state index in [-0.39, 0.29) is 52.6 Å². The fraction of sp³-hybridized carbons (Fsp3) is 0.378. The summed E-state index contributed by atoms with van der Waals surface area (Å²) in [6.45, 7) is 2.33. The number of aromatic nitrogens is 6. The normalized spacial score (nSPS) is 14.9. The first-order chi connectivity index (χ1) is 27.3. The van der Waals surface area contributed by atoms with Gasteiger partial charge in [-0.3, -0.25) is 14.7 Å². The number of halogens is 8. The zero-order valence-electron chi connectivity index (χ0n) is 31.0. The topological polar surface area (TPSA) is 158 Å². The second-order valence-corrected chi connectivity index (χ2v) is 15.1.